The first-order valence-electron chi connectivity index (χ1n) is 10.5. The van der Waals surface area contributed by atoms with Gasteiger partial charge >= 0.3 is 0 Å². The van der Waals surface area contributed by atoms with Crippen LogP contribution in [0.5, 0.6) is 11.5 Å². The summed E-state index contributed by atoms with van der Waals surface area (Å²) in [5, 5.41) is 3.39. The van der Waals surface area contributed by atoms with E-state index < -0.39 is 0 Å². The van der Waals surface area contributed by atoms with Crippen molar-refractivity contribution in [3.05, 3.63) is 60.2 Å². The third-order valence-electron chi connectivity index (χ3n) is 6.23. The first-order valence-corrected chi connectivity index (χ1v) is 10.5. The number of ether oxygens (including phenoxy) is 2. The van der Waals surface area contributed by atoms with Crippen LogP contribution < -0.4 is 14.8 Å². The van der Waals surface area contributed by atoms with E-state index in [1.807, 2.05) is 66.5 Å². The maximum atomic E-state index is 12.7. The van der Waals surface area contributed by atoms with Gasteiger partial charge in [0.1, 0.15) is 24.7 Å². The molecule has 1 amide bonds. The van der Waals surface area contributed by atoms with Crippen molar-refractivity contribution in [2.75, 3.05) is 33.3 Å². The molecular weight excluding hydrogens is 400 g/mol. The SMILES string of the molecule is CN(CCOc1ccc(OCc2ccccc2)cc1)C(=O)C1CC12CCNCC2.Cl. The standard InChI is InChI=1S/C24H30N2O3.ClH/c1-26(23(27)22-17-24(22)11-13-25-14-12-24)15-16-28-20-7-9-21(10-8-20)29-18-19-5-3-2-4-6-19;/h2-10,22,25H,11-18H2,1H3;1H. The highest BCUT2D eigenvalue weighted by Crippen LogP contribution is 2.59. The molecule has 2 aromatic rings. The van der Waals surface area contributed by atoms with Crippen LogP contribution in [0.15, 0.2) is 54.6 Å². The van der Waals surface area contributed by atoms with Gasteiger partial charge in [-0.15, -0.1) is 12.4 Å². The number of amides is 1. The van der Waals surface area contributed by atoms with Crippen LogP contribution in [0.1, 0.15) is 24.8 Å². The van der Waals surface area contributed by atoms with Gasteiger partial charge in [-0.05, 0) is 67.6 Å². The molecule has 1 saturated carbocycles. The number of piperidine rings is 1. The number of nitrogens with one attached hydrogen (secondary N) is 1. The molecule has 0 radical (unpaired) electrons. The van der Waals surface area contributed by atoms with Crippen LogP contribution in [-0.4, -0.2) is 44.1 Å². The van der Waals surface area contributed by atoms with Crippen LogP contribution >= 0.6 is 12.4 Å². The van der Waals surface area contributed by atoms with Crippen molar-refractivity contribution in [2.24, 2.45) is 11.3 Å². The lowest BCUT2D eigenvalue weighted by atomic mass is 9.91. The lowest BCUT2D eigenvalue weighted by Crippen LogP contribution is -2.36. The molecule has 4 rings (SSSR count). The number of hydrogen-bond donors (Lipinski definition) is 1. The van der Waals surface area contributed by atoms with Crippen molar-refractivity contribution in [1.82, 2.24) is 10.2 Å². The maximum Gasteiger partial charge on any atom is 0.226 e. The van der Waals surface area contributed by atoms with Crippen molar-refractivity contribution in [3.8, 4) is 11.5 Å². The van der Waals surface area contributed by atoms with Gasteiger partial charge in [0.25, 0.3) is 0 Å². The smallest absolute Gasteiger partial charge is 0.226 e. The summed E-state index contributed by atoms with van der Waals surface area (Å²) in [6.07, 6.45) is 3.32. The zero-order valence-corrected chi connectivity index (χ0v) is 18.3. The molecule has 1 saturated heterocycles. The molecule has 2 aromatic carbocycles. The second-order valence-corrected chi connectivity index (χ2v) is 8.22. The van der Waals surface area contributed by atoms with Gasteiger partial charge in [-0.3, -0.25) is 4.79 Å². The molecule has 0 aromatic heterocycles. The molecule has 1 aliphatic heterocycles. The second kappa shape index (κ2) is 10.2. The van der Waals surface area contributed by atoms with E-state index in [9.17, 15) is 4.79 Å². The Bertz CT molecular complexity index is 807. The molecule has 2 fully saturated rings. The van der Waals surface area contributed by atoms with E-state index in [0.717, 1.165) is 49.4 Å². The lowest BCUT2D eigenvalue weighted by Gasteiger charge is -2.25. The molecule has 162 valence electrons. The third kappa shape index (κ3) is 5.46. The summed E-state index contributed by atoms with van der Waals surface area (Å²) >= 11 is 0. The van der Waals surface area contributed by atoms with Crippen molar-refractivity contribution < 1.29 is 14.3 Å². The Morgan fingerprint density at radius 1 is 1.03 bits per heavy atom. The fourth-order valence-corrected chi connectivity index (χ4v) is 4.22. The van der Waals surface area contributed by atoms with Crippen LogP contribution in [0.4, 0.5) is 0 Å². The van der Waals surface area contributed by atoms with Gasteiger partial charge in [-0.25, -0.2) is 0 Å². The Hall–Kier alpha value is -2.24. The minimum absolute atomic E-state index is 0. The Morgan fingerprint density at radius 3 is 2.33 bits per heavy atom. The van der Waals surface area contributed by atoms with Gasteiger partial charge in [-0.1, -0.05) is 30.3 Å². The van der Waals surface area contributed by atoms with Crippen LogP contribution in [0.2, 0.25) is 0 Å². The molecule has 1 heterocycles. The number of carbonyl (C=O) groups is 1. The predicted octanol–water partition coefficient (Wildman–Crippen LogP) is 3.91. The summed E-state index contributed by atoms with van der Waals surface area (Å²) in [6.45, 7) is 3.74. The largest absolute Gasteiger partial charge is 0.492 e. The highest BCUT2D eigenvalue weighted by Gasteiger charge is 2.58. The maximum absolute atomic E-state index is 12.7. The number of benzene rings is 2. The summed E-state index contributed by atoms with van der Waals surface area (Å²) in [7, 11) is 1.89. The van der Waals surface area contributed by atoms with Gasteiger partial charge in [0.2, 0.25) is 5.91 Å². The van der Waals surface area contributed by atoms with Crippen LogP contribution in [-0.2, 0) is 11.4 Å². The average Bonchev–Trinajstić information content (AvgIpc) is 3.46. The van der Waals surface area contributed by atoms with Gasteiger partial charge in [0.05, 0.1) is 6.54 Å². The zero-order chi connectivity index (χ0) is 20.1. The summed E-state index contributed by atoms with van der Waals surface area (Å²) in [5.41, 5.74) is 1.43. The minimum atomic E-state index is 0. The molecule has 30 heavy (non-hydrogen) atoms. The first kappa shape index (κ1) is 22.4. The molecule has 1 N–H and O–H groups in total. The molecule has 0 bridgehead atoms. The van der Waals surface area contributed by atoms with E-state index in [2.05, 4.69) is 5.32 Å². The Kier molecular flexibility index (Phi) is 7.62. The number of halogens is 1. The highest BCUT2D eigenvalue weighted by molar-refractivity contribution is 5.85. The number of rotatable bonds is 8. The fraction of sp³-hybridized carbons (Fsp3) is 0.458. The van der Waals surface area contributed by atoms with E-state index in [1.54, 1.807) is 0 Å². The number of likely N-dealkylation sites (N-methyl/N-ethyl adjacent to an activating group) is 1. The fourth-order valence-electron chi connectivity index (χ4n) is 4.22. The number of nitrogens with zero attached hydrogens (tertiary/aromatic N) is 1. The molecule has 6 heteroatoms. The van der Waals surface area contributed by atoms with Gasteiger partial charge in [0, 0.05) is 13.0 Å². The van der Waals surface area contributed by atoms with E-state index in [-0.39, 0.29) is 29.6 Å². The van der Waals surface area contributed by atoms with Crippen molar-refractivity contribution in [1.29, 1.82) is 0 Å². The van der Waals surface area contributed by atoms with E-state index in [0.29, 0.717) is 19.8 Å². The van der Waals surface area contributed by atoms with Crippen molar-refractivity contribution in [2.45, 2.75) is 25.9 Å². The monoisotopic (exact) mass is 430 g/mol. The Morgan fingerprint density at radius 2 is 1.67 bits per heavy atom. The molecule has 5 nitrogen and oxygen atoms in total. The second-order valence-electron chi connectivity index (χ2n) is 8.22. The summed E-state index contributed by atoms with van der Waals surface area (Å²) in [4.78, 5) is 14.5. The van der Waals surface area contributed by atoms with Gasteiger partial charge < -0.3 is 19.7 Å². The van der Waals surface area contributed by atoms with Crippen LogP contribution in [0.3, 0.4) is 0 Å². The first-order chi connectivity index (χ1) is 14.2. The lowest BCUT2D eigenvalue weighted by molar-refractivity contribution is -0.132. The van der Waals surface area contributed by atoms with Crippen molar-refractivity contribution >= 4 is 18.3 Å². The van der Waals surface area contributed by atoms with Gasteiger partial charge in [-0.2, -0.15) is 0 Å². The predicted molar refractivity (Wildman–Crippen MR) is 120 cm³/mol. The van der Waals surface area contributed by atoms with E-state index >= 15 is 0 Å². The molecule has 1 aliphatic carbocycles. The van der Waals surface area contributed by atoms with E-state index in [4.69, 9.17) is 9.47 Å². The number of carbonyl (C=O) groups excluding carboxylic acids is 1. The Labute approximate surface area is 185 Å². The molecular formula is C24H31ClN2O3. The summed E-state index contributed by atoms with van der Waals surface area (Å²) in [6, 6.07) is 17.8. The summed E-state index contributed by atoms with van der Waals surface area (Å²) in [5.74, 6) is 2.10. The Balaban J connectivity index is 0.00000256. The quantitative estimate of drug-likeness (QED) is 0.689. The number of hydrogen-bond acceptors (Lipinski definition) is 4. The van der Waals surface area contributed by atoms with Crippen molar-refractivity contribution in [3.63, 3.8) is 0 Å². The zero-order valence-electron chi connectivity index (χ0n) is 17.5. The van der Waals surface area contributed by atoms with Crippen LogP contribution in [0, 0.1) is 11.3 Å². The van der Waals surface area contributed by atoms with Gasteiger partial charge in [0.15, 0.2) is 0 Å². The minimum Gasteiger partial charge on any atom is -0.492 e. The topological polar surface area (TPSA) is 50.8 Å². The van der Waals surface area contributed by atoms with Crippen LogP contribution in [0.25, 0.3) is 0 Å². The third-order valence-corrected chi connectivity index (χ3v) is 6.23. The molecule has 1 unspecified atom stereocenters. The summed E-state index contributed by atoms with van der Waals surface area (Å²) < 4.78 is 11.6. The normalized spacial score (nSPS) is 18.9. The molecule has 1 spiro atoms. The average molecular weight is 431 g/mol. The molecule has 2 aliphatic rings. The van der Waals surface area contributed by atoms with E-state index in [1.165, 1.54) is 0 Å². The highest BCUT2D eigenvalue weighted by atomic mass is 35.5. The molecule has 1 atom stereocenters.